The van der Waals surface area contributed by atoms with Gasteiger partial charge >= 0.3 is 0 Å². The van der Waals surface area contributed by atoms with Gasteiger partial charge in [-0.15, -0.1) is 0 Å². The maximum Gasteiger partial charge on any atom is 0.101 e. The SMILES string of the molecule is CCN(CC)C1CC(C)N(OC(C)c2ccccc2)C(C)C1C. The van der Waals surface area contributed by atoms with Crippen molar-refractivity contribution < 1.29 is 4.84 Å². The van der Waals surface area contributed by atoms with E-state index in [0.29, 0.717) is 24.0 Å². The Bertz CT molecular complexity index is 460. The lowest BCUT2D eigenvalue weighted by Gasteiger charge is -2.49. The molecule has 0 aliphatic carbocycles. The molecule has 3 nitrogen and oxygen atoms in total. The van der Waals surface area contributed by atoms with Gasteiger partial charge in [0.15, 0.2) is 0 Å². The molecule has 0 saturated carbocycles. The smallest absolute Gasteiger partial charge is 0.101 e. The van der Waals surface area contributed by atoms with Crippen LogP contribution in [0.5, 0.6) is 0 Å². The zero-order valence-corrected chi connectivity index (χ0v) is 15.7. The highest BCUT2D eigenvalue weighted by molar-refractivity contribution is 5.16. The molecule has 1 heterocycles. The Labute approximate surface area is 142 Å². The third-order valence-electron chi connectivity index (χ3n) is 5.62. The quantitative estimate of drug-likeness (QED) is 0.767. The second-order valence-corrected chi connectivity index (χ2v) is 6.99. The van der Waals surface area contributed by atoms with Crippen LogP contribution >= 0.6 is 0 Å². The lowest BCUT2D eigenvalue weighted by molar-refractivity contribution is -0.265. The molecule has 23 heavy (non-hydrogen) atoms. The molecule has 1 aromatic rings. The summed E-state index contributed by atoms with van der Waals surface area (Å²) in [5, 5.41) is 2.25. The van der Waals surface area contributed by atoms with E-state index < -0.39 is 0 Å². The van der Waals surface area contributed by atoms with E-state index in [4.69, 9.17) is 4.84 Å². The number of rotatable bonds is 6. The summed E-state index contributed by atoms with van der Waals surface area (Å²) in [5.74, 6) is 0.606. The van der Waals surface area contributed by atoms with Crippen LogP contribution in [0.1, 0.15) is 59.6 Å². The fourth-order valence-electron chi connectivity index (χ4n) is 3.96. The predicted octanol–water partition coefficient (Wildman–Crippen LogP) is 4.51. The highest BCUT2D eigenvalue weighted by Crippen LogP contribution is 2.33. The van der Waals surface area contributed by atoms with E-state index in [0.717, 1.165) is 13.1 Å². The van der Waals surface area contributed by atoms with Gasteiger partial charge < -0.3 is 4.90 Å². The molecule has 0 amide bonds. The minimum absolute atomic E-state index is 0.0957. The van der Waals surface area contributed by atoms with Crippen LogP contribution in [-0.2, 0) is 4.84 Å². The minimum atomic E-state index is 0.0957. The molecule has 1 aliphatic rings. The van der Waals surface area contributed by atoms with Crippen molar-refractivity contribution in [1.82, 2.24) is 9.96 Å². The van der Waals surface area contributed by atoms with E-state index in [1.165, 1.54) is 12.0 Å². The standard InChI is InChI=1S/C20H34N2O/c1-7-21(8-2)20-14-15(3)22(17(5)16(20)4)23-18(6)19-12-10-9-11-13-19/h9-13,15-18,20H,7-8,14H2,1-6H3. The summed E-state index contributed by atoms with van der Waals surface area (Å²) in [6.07, 6.45) is 1.27. The van der Waals surface area contributed by atoms with Crippen LogP contribution in [0.2, 0.25) is 0 Å². The van der Waals surface area contributed by atoms with Gasteiger partial charge in [0.2, 0.25) is 0 Å². The van der Waals surface area contributed by atoms with Crippen LogP contribution in [0.3, 0.4) is 0 Å². The second-order valence-electron chi connectivity index (χ2n) is 6.99. The molecular weight excluding hydrogens is 284 g/mol. The van der Waals surface area contributed by atoms with Gasteiger partial charge in [-0.3, -0.25) is 4.84 Å². The van der Waals surface area contributed by atoms with Crippen molar-refractivity contribution in [2.75, 3.05) is 13.1 Å². The van der Waals surface area contributed by atoms with Crippen molar-refractivity contribution in [3.8, 4) is 0 Å². The molecular formula is C20H34N2O. The van der Waals surface area contributed by atoms with Crippen molar-refractivity contribution in [3.05, 3.63) is 35.9 Å². The van der Waals surface area contributed by atoms with Crippen LogP contribution < -0.4 is 0 Å². The maximum absolute atomic E-state index is 6.38. The fourth-order valence-corrected chi connectivity index (χ4v) is 3.96. The molecule has 0 bridgehead atoms. The second kappa shape index (κ2) is 8.27. The molecule has 1 aliphatic heterocycles. The summed E-state index contributed by atoms with van der Waals surface area (Å²) in [5.41, 5.74) is 1.24. The van der Waals surface area contributed by atoms with E-state index in [-0.39, 0.29) is 6.10 Å². The molecule has 130 valence electrons. The number of hydroxylamine groups is 2. The van der Waals surface area contributed by atoms with Crippen LogP contribution in [0.4, 0.5) is 0 Å². The van der Waals surface area contributed by atoms with Gasteiger partial charge in [0.1, 0.15) is 6.10 Å². The monoisotopic (exact) mass is 318 g/mol. The average Bonchev–Trinajstić information content (AvgIpc) is 2.57. The summed E-state index contributed by atoms with van der Waals surface area (Å²) >= 11 is 0. The Morgan fingerprint density at radius 1 is 1.13 bits per heavy atom. The lowest BCUT2D eigenvalue weighted by Crippen LogP contribution is -2.57. The highest BCUT2D eigenvalue weighted by atomic mass is 16.7. The third-order valence-corrected chi connectivity index (χ3v) is 5.62. The highest BCUT2D eigenvalue weighted by Gasteiger charge is 2.40. The zero-order valence-electron chi connectivity index (χ0n) is 15.7. The van der Waals surface area contributed by atoms with Crippen LogP contribution in [0, 0.1) is 5.92 Å². The molecule has 0 aromatic heterocycles. The van der Waals surface area contributed by atoms with E-state index in [9.17, 15) is 0 Å². The molecule has 1 fully saturated rings. The average molecular weight is 319 g/mol. The summed E-state index contributed by atoms with van der Waals surface area (Å²) < 4.78 is 0. The Balaban J connectivity index is 2.07. The van der Waals surface area contributed by atoms with Crippen molar-refractivity contribution in [2.24, 2.45) is 5.92 Å². The van der Waals surface area contributed by atoms with E-state index >= 15 is 0 Å². The topological polar surface area (TPSA) is 15.7 Å². The largest absolute Gasteiger partial charge is 0.301 e. The number of hydrogen-bond donors (Lipinski definition) is 0. The number of benzene rings is 1. The molecule has 5 atom stereocenters. The first-order valence-corrected chi connectivity index (χ1v) is 9.23. The molecule has 5 unspecified atom stereocenters. The Morgan fingerprint density at radius 2 is 1.74 bits per heavy atom. The first-order valence-electron chi connectivity index (χ1n) is 9.23. The minimum Gasteiger partial charge on any atom is -0.301 e. The number of nitrogens with zero attached hydrogens (tertiary/aromatic N) is 2. The van der Waals surface area contributed by atoms with Gasteiger partial charge in [-0.2, -0.15) is 5.06 Å². The van der Waals surface area contributed by atoms with Crippen LogP contribution in [0.25, 0.3) is 0 Å². The van der Waals surface area contributed by atoms with E-state index in [1.54, 1.807) is 0 Å². The van der Waals surface area contributed by atoms with Gasteiger partial charge in [-0.1, -0.05) is 51.1 Å². The molecule has 3 heteroatoms. The number of hydrogen-bond acceptors (Lipinski definition) is 3. The first kappa shape index (κ1) is 18.4. The van der Waals surface area contributed by atoms with Gasteiger partial charge in [-0.05, 0) is 51.8 Å². The molecule has 0 N–H and O–H groups in total. The Hall–Kier alpha value is -0.900. The van der Waals surface area contributed by atoms with Gasteiger partial charge in [0.25, 0.3) is 0 Å². The lowest BCUT2D eigenvalue weighted by atomic mass is 9.84. The van der Waals surface area contributed by atoms with Crippen LogP contribution in [-0.4, -0.2) is 41.2 Å². The van der Waals surface area contributed by atoms with Crippen molar-refractivity contribution in [1.29, 1.82) is 0 Å². The summed E-state index contributed by atoms with van der Waals surface area (Å²) in [7, 11) is 0. The van der Waals surface area contributed by atoms with Crippen molar-refractivity contribution in [2.45, 2.75) is 72.2 Å². The maximum atomic E-state index is 6.38. The fraction of sp³-hybridized carbons (Fsp3) is 0.700. The zero-order chi connectivity index (χ0) is 17.0. The Morgan fingerprint density at radius 3 is 2.30 bits per heavy atom. The Kier molecular flexibility index (Phi) is 6.63. The summed E-state index contributed by atoms with van der Waals surface area (Å²) in [4.78, 5) is 8.99. The van der Waals surface area contributed by atoms with E-state index in [1.807, 2.05) is 0 Å². The summed E-state index contributed by atoms with van der Waals surface area (Å²) in [6.45, 7) is 15.9. The third kappa shape index (κ3) is 4.14. The van der Waals surface area contributed by atoms with Gasteiger partial charge in [0, 0.05) is 18.1 Å². The molecule has 1 saturated heterocycles. The molecule has 0 radical (unpaired) electrons. The van der Waals surface area contributed by atoms with Crippen LogP contribution in [0.15, 0.2) is 30.3 Å². The predicted molar refractivity (Wildman–Crippen MR) is 97.2 cm³/mol. The van der Waals surface area contributed by atoms with Gasteiger partial charge in [0.05, 0.1) is 0 Å². The summed E-state index contributed by atoms with van der Waals surface area (Å²) in [6, 6.07) is 12.0. The van der Waals surface area contributed by atoms with Gasteiger partial charge in [-0.25, -0.2) is 0 Å². The number of piperidine rings is 1. The van der Waals surface area contributed by atoms with Crippen molar-refractivity contribution in [3.63, 3.8) is 0 Å². The normalized spacial score (nSPS) is 30.6. The van der Waals surface area contributed by atoms with Crippen molar-refractivity contribution >= 4 is 0 Å². The van der Waals surface area contributed by atoms with E-state index in [2.05, 4.69) is 81.8 Å². The molecule has 0 spiro atoms. The first-order chi connectivity index (χ1) is 11.0. The molecule has 2 rings (SSSR count). The molecule has 1 aromatic carbocycles.